The van der Waals surface area contributed by atoms with Gasteiger partial charge in [-0.25, -0.2) is 0 Å². The fraction of sp³-hybridized carbons (Fsp3) is 0.219. The normalized spacial score (nSPS) is 18.3. The number of rotatable bonds is 4. The second kappa shape index (κ2) is 11.3. The van der Waals surface area contributed by atoms with E-state index in [2.05, 4.69) is 16.0 Å². The first-order valence-corrected chi connectivity index (χ1v) is 12.5. The average Bonchev–Trinajstić information content (AvgIpc) is 2.90. The Labute approximate surface area is 223 Å². The standard InChI is InChI=1S/C32H31N3O3/c1-5-7-29-27-12-13-32(37,22(4)19-34-18-21(2)3)26-11-10-25(17-33)30(15-26)38-20-23-8-6-9-24(14-23)28(27)16-31(36)35-29/h5-16,18-19,21,37H,20H2,1-4H3,(H,35,36)/b7-5-,13-12+,22-19+,34-18?. The highest BCUT2D eigenvalue weighted by Crippen LogP contribution is 2.37. The van der Waals surface area contributed by atoms with E-state index < -0.39 is 5.60 Å². The molecule has 0 spiro atoms. The molecule has 4 rings (SSSR count). The van der Waals surface area contributed by atoms with Crippen LogP contribution in [-0.4, -0.2) is 16.3 Å². The van der Waals surface area contributed by atoms with Crippen molar-refractivity contribution >= 4 is 18.4 Å². The number of ether oxygens (including phenoxy) is 1. The zero-order valence-corrected chi connectivity index (χ0v) is 22.0. The molecule has 0 radical (unpaired) electrons. The van der Waals surface area contributed by atoms with Crippen molar-refractivity contribution in [2.24, 2.45) is 10.9 Å². The number of benzene rings is 2. The highest BCUT2D eigenvalue weighted by Gasteiger charge is 2.30. The molecule has 6 heteroatoms. The van der Waals surface area contributed by atoms with Crippen LogP contribution in [0.15, 0.2) is 82.2 Å². The highest BCUT2D eigenvalue weighted by molar-refractivity contribution is 5.80. The smallest absolute Gasteiger partial charge is 0.249 e. The van der Waals surface area contributed by atoms with Crippen molar-refractivity contribution < 1.29 is 9.84 Å². The molecule has 0 fully saturated rings. The molecule has 1 aromatic heterocycles. The fourth-order valence-electron chi connectivity index (χ4n) is 4.35. The number of aromatic amines is 1. The van der Waals surface area contributed by atoms with Crippen LogP contribution in [0.4, 0.5) is 0 Å². The number of aromatic nitrogens is 1. The molecule has 192 valence electrons. The third-order valence-corrected chi connectivity index (χ3v) is 6.37. The third-order valence-electron chi connectivity index (χ3n) is 6.37. The molecule has 4 bridgehead atoms. The first kappa shape index (κ1) is 26.6. The van der Waals surface area contributed by atoms with Gasteiger partial charge in [-0.3, -0.25) is 9.79 Å². The van der Waals surface area contributed by atoms with E-state index in [1.165, 1.54) is 0 Å². The van der Waals surface area contributed by atoms with Crippen LogP contribution in [0.25, 0.3) is 23.3 Å². The summed E-state index contributed by atoms with van der Waals surface area (Å²) in [5.41, 5.74) is 3.51. The zero-order valence-electron chi connectivity index (χ0n) is 22.0. The predicted octanol–water partition coefficient (Wildman–Crippen LogP) is 6.37. The Morgan fingerprint density at radius 1 is 1.24 bits per heavy atom. The monoisotopic (exact) mass is 505 g/mol. The number of pyridine rings is 1. The molecule has 2 N–H and O–H groups in total. The molecular weight excluding hydrogens is 474 g/mol. The number of allylic oxidation sites excluding steroid dienone is 1. The summed E-state index contributed by atoms with van der Waals surface area (Å²) < 4.78 is 6.09. The molecule has 3 aromatic rings. The van der Waals surface area contributed by atoms with Gasteiger partial charge in [0.1, 0.15) is 24.0 Å². The molecule has 0 amide bonds. The summed E-state index contributed by atoms with van der Waals surface area (Å²) >= 11 is 0. The number of hydrogen-bond acceptors (Lipinski definition) is 5. The van der Waals surface area contributed by atoms with E-state index >= 15 is 0 Å². The van der Waals surface area contributed by atoms with Gasteiger partial charge in [0.2, 0.25) is 5.56 Å². The minimum atomic E-state index is -1.58. The Hall–Kier alpha value is -4.47. The lowest BCUT2D eigenvalue weighted by Gasteiger charge is -2.27. The van der Waals surface area contributed by atoms with Crippen molar-refractivity contribution in [1.29, 1.82) is 5.26 Å². The number of nitrogens with one attached hydrogen (secondary N) is 1. The maximum atomic E-state index is 12.6. The van der Waals surface area contributed by atoms with E-state index in [0.29, 0.717) is 28.1 Å². The van der Waals surface area contributed by atoms with Gasteiger partial charge in [-0.1, -0.05) is 50.3 Å². The van der Waals surface area contributed by atoms with E-state index in [-0.39, 0.29) is 18.1 Å². The van der Waals surface area contributed by atoms with E-state index in [1.54, 1.807) is 42.8 Å². The van der Waals surface area contributed by atoms with Gasteiger partial charge in [-0.2, -0.15) is 5.26 Å². The molecule has 2 heterocycles. The van der Waals surface area contributed by atoms with E-state index in [4.69, 9.17) is 4.74 Å². The Morgan fingerprint density at radius 2 is 2.05 bits per heavy atom. The summed E-state index contributed by atoms with van der Waals surface area (Å²) in [6.07, 6.45) is 10.7. The lowest BCUT2D eigenvalue weighted by atomic mass is 9.85. The number of aliphatic hydroxyl groups is 1. The first-order valence-electron chi connectivity index (χ1n) is 12.5. The van der Waals surface area contributed by atoms with Crippen LogP contribution >= 0.6 is 0 Å². The van der Waals surface area contributed by atoms with Crippen LogP contribution in [0.5, 0.6) is 5.75 Å². The summed E-state index contributed by atoms with van der Waals surface area (Å²) in [6.45, 7) is 7.96. The van der Waals surface area contributed by atoms with Gasteiger partial charge >= 0.3 is 0 Å². The molecule has 0 saturated carbocycles. The number of hydrogen-bond donors (Lipinski definition) is 2. The van der Waals surface area contributed by atoms with Crippen molar-refractivity contribution in [2.75, 3.05) is 0 Å². The largest absolute Gasteiger partial charge is 0.488 e. The van der Waals surface area contributed by atoms with Gasteiger partial charge in [-0.05, 0) is 77.9 Å². The van der Waals surface area contributed by atoms with Crippen molar-refractivity contribution in [3.63, 3.8) is 0 Å². The lowest BCUT2D eigenvalue weighted by molar-refractivity contribution is 0.130. The summed E-state index contributed by atoms with van der Waals surface area (Å²) in [7, 11) is 0. The SMILES string of the molecule is C/C=C\c1[nH]c(=O)cc2c1/C=C/C(O)(/C(C)=C/N=CC(C)C)c1ccc(C#N)c(c1)OCc1cccc-2c1. The first-order chi connectivity index (χ1) is 18.2. The van der Waals surface area contributed by atoms with Crippen LogP contribution in [-0.2, 0) is 12.2 Å². The molecule has 1 aliphatic rings. The van der Waals surface area contributed by atoms with Crippen molar-refractivity contribution in [3.05, 3.63) is 111 Å². The minimum absolute atomic E-state index is 0.214. The van der Waals surface area contributed by atoms with Crippen LogP contribution in [0.2, 0.25) is 0 Å². The van der Waals surface area contributed by atoms with E-state index in [0.717, 1.165) is 22.3 Å². The molecule has 6 nitrogen and oxygen atoms in total. The zero-order chi connectivity index (χ0) is 27.3. The molecule has 1 aliphatic heterocycles. The van der Waals surface area contributed by atoms with Crippen LogP contribution in [0.1, 0.15) is 55.6 Å². The molecule has 0 saturated heterocycles. The average molecular weight is 506 g/mol. The molecule has 1 unspecified atom stereocenters. The van der Waals surface area contributed by atoms with Crippen LogP contribution in [0.3, 0.4) is 0 Å². The van der Waals surface area contributed by atoms with Gasteiger partial charge in [0.15, 0.2) is 0 Å². The Morgan fingerprint density at radius 3 is 2.79 bits per heavy atom. The highest BCUT2D eigenvalue weighted by atomic mass is 16.5. The van der Waals surface area contributed by atoms with Crippen molar-refractivity contribution in [1.82, 2.24) is 4.98 Å². The molecule has 38 heavy (non-hydrogen) atoms. The topological polar surface area (TPSA) is 98.5 Å². The Balaban J connectivity index is 2.04. The maximum absolute atomic E-state index is 12.6. The predicted molar refractivity (Wildman–Crippen MR) is 153 cm³/mol. The number of nitrogens with zero attached hydrogens (tertiary/aromatic N) is 2. The molecule has 0 aliphatic carbocycles. The van der Waals surface area contributed by atoms with Crippen LogP contribution < -0.4 is 10.3 Å². The summed E-state index contributed by atoms with van der Waals surface area (Å²) in [5.74, 6) is 0.628. The number of fused-ring (bicyclic) bond motifs is 6. The number of nitriles is 1. The van der Waals surface area contributed by atoms with E-state index in [9.17, 15) is 15.2 Å². The summed E-state index contributed by atoms with van der Waals surface area (Å²) in [5, 5.41) is 21.9. The van der Waals surface area contributed by atoms with E-state index in [1.807, 2.05) is 70.2 Å². The molecule has 1 atom stereocenters. The molecule has 2 aromatic carbocycles. The lowest BCUT2D eigenvalue weighted by Crippen LogP contribution is -2.25. The Kier molecular flexibility index (Phi) is 7.90. The van der Waals surface area contributed by atoms with Gasteiger partial charge in [0.25, 0.3) is 0 Å². The van der Waals surface area contributed by atoms with Crippen molar-refractivity contribution in [3.8, 4) is 22.9 Å². The van der Waals surface area contributed by atoms with Gasteiger partial charge < -0.3 is 14.8 Å². The van der Waals surface area contributed by atoms with Gasteiger partial charge in [0, 0.05) is 29.7 Å². The summed E-state index contributed by atoms with van der Waals surface area (Å²) in [4.78, 5) is 19.9. The quantitative estimate of drug-likeness (QED) is 0.403. The molecular formula is C32H31N3O3. The maximum Gasteiger partial charge on any atom is 0.249 e. The number of aliphatic imine (C=N–C) groups is 1. The minimum Gasteiger partial charge on any atom is -0.488 e. The second-order valence-corrected chi connectivity index (χ2v) is 9.64. The summed E-state index contributed by atoms with van der Waals surface area (Å²) in [6, 6.07) is 16.6. The second-order valence-electron chi connectivity index (χ2n) is 9.64. The van der Waals surface area contributed by atoms with Gasteiger partial charge in [-0.15, -0.1) is 0 Å². The van der Waals surface area contributed by atoms with Crippen LogP contribution in [0, 0.1) is 17.2 Å². The Bertz CT molecular complexity index is 1570. The third kappa shape index (κ3) is 5.59. The fourth-order valence-corrected chi connectivity index (χ4v) is 4.35. The number of H-pyrrole nitrogens is 1. The van der Waals surface area contributed by atoms with Crippen molar-refractivity contribution in [2.45, 2.75) is 39.9 Å². The van der Waals surface area contributed by atoms with Gasteiger partial charge in [0.05, 0.1) is 5.56 Å².